The van der Waals surface area contributed by atoms with Gasteiger partial charge in [-0.2, -0.15) is 8.42 Å². The molecule has 19 heavy (non-hydrogen) atoms. The fourth-order valence-corrected chi connectivity index (χ4v) is 3.18. The van der Waals surface area contributed by atoms with E-state index in [9.17, 15) is 16.8 Å². The van der Waals surface area contributed by atoms with Gasteiger partial charge in [-0.1, -0.05) is 6.07 Å². The number of ether oxygens (including phenoxy) is 1. The molecule has 1 N–H and O–H groups in total. The molecule has 7 nitrogen and oxygen atoms in total. The van der Waals surface area contributed by atoms with Gasteiger partial charge in [-0.15, -0.1) is 0 Å². The first-order valence-corrected chi connectivity index (χ1v) is 8.17. The van der Waals surface area contributed by atoms with Crippen molar-refractivity contribution >= 4 is 20.2 Å². The van der Waals surface area contributed by atoms with Crippen LogP contribution in [0.5, 0.6) is 5.75 Å². The molecule has 108 valence electrons. The topological polar surface area (TPSA) is 107 Å². The Balaban J connectivity index is 2.94. The van der Waals surface area contributed by atoms with Crippen molar-refractivity contribution in [3.05, 3.63) is 23.8 Å². The molecule has 0 bridgehead atoms. The van der Waals surface area contributed by atoms with Crippen LogP contribution in [-0.2, 0) is 24.4 Å². The van der Waals surface area contributed by atoms with Crippen molar-refractivity contribution < 1.29 is 30.3 Å². The molecule has 0 saturated heterocycles. The lowest BCUT2D eigenvalue weighted by molar-refractivity contribution is 0.284. The molecule has 0 aliphatic heterocycles. The number of hydrogen-bond donors (Lipinski definition) is 1. The molecule has 1 aromatic rings. The maximum absolute atomic E-state index is 12.0. The average molecular weight is 310 g/mol. The molecule has 9 heteroatoms. The number of benzene rings is 1. The SMILES string of the molecule is COc1ccc(C)c(S(=O)(=O)CCOS(=O)(=O)O)c1. The predicted molar refractivity (Wildman–Crippen MR) is 67.3 cm³/mol. The lowest BCUT2D eigenvalue weighted by Gasteiger charge is -2.09. The maximum Gasteiger partial charge on any atom is 0.397 e. The highest BCUT2D eigenvalue weighted by Crippen LogP contribution is 2.22. The zero-order chi connectivity index (χ0) is 14.7. The molecule has 0 amide bonds. The van der Waals surface area contributed by atoms with E-state index in [0.29, 0.717) is 11.3 Å². The smallest absolute Gasteiger partial charge is 0.397 e. The highest BCUT2D eigenvalue weighted by atomic mass is 32.3. The molecule has 0 heterocycles. The number of rotatable bonds is 6. The molecule has 1 rings (SSSR count). The van der Waals surface area contributed by atoms with Crippen molar-refractivity contribution in [3.63, 3.8) is 0 Å². The Bertz CT molecular complexity index is 646. The molecule has 0 aliphatic rings. The van der Waals surface area contributed by atoms with Crippen LogP contribution < -0.4 is 4.74 Å². The molecule has 0 aliphatic carbocycles. The number of sulfone groups is 1. The van der Waals surface area contributed by atoms with Crippen molar-refractivity contribution in [2.45, 2.75) is 11.8 Å². The van der Waals surface area contributed by atoms with Gasteiger partial charge in [-0.3, -0.25) is 4.55 Å². The fraction of sp³-hybridized carbons (Fsp3) is 0.400. The van der Waals surface area contributed by atoms with E-state index in [-0.39, 0.29) is 4.90 Å². The number of aryl methyl sites for hydroxylation is 1. The Labute approximate surface area is 112 Å². The normalized spacial score (nSPS) is 12.4. The zero-order valence-corrected chi connectivity index (χ0v) is 12.0. The predicted octanol–water partition coefficient (Wildman–Crippen LogP) is 0.597. The lowest BCUT2D eigenvalue weighted by atomic mass is 10.2. The minimum atomic E-state index is -4.64. The Morgan fingerprint density at radius 2 is 1.84 bits per heavy atom. The zero-order valence-electron chi connectivity index (χ0n) is 10.4. The van der Waals surface area contributed by atoms with E-state index in [2.05, 4.69) is 4.18 Å². The highest BCUT2D eigenvalue weighted by Gasteiger charge is 2.19. The van der Waals surface area contributed by atoms with Gasteiger partial charge in [0.15, 0.2) is 9.84 Å². The van der Waals surface area contributed by atoms with Gasteiger partial charge in [0.1, 0.15) is 5.75 Å². The third kappa shape index (κ3) is 4.78. The van der Waals surface area contributed by atoms with E-state index in [1.165, 1.54) is 13.2 Å². The molecule has 0 saturated carbocycles. The third-order valence-corrected chi connectivity index (χ3v) is 4.59. The van der Waals surface area contributed by atoms with Gasteiger partial charge in [0.25, 0.3) is 0 Å². The molecular weight excluding hydrogens is 296 g/mol. The summed E-state index contributed by atoms with van der Waals surface area (Å²) < 4.78 is 62.0. The Morgan fingerprint density at radius 3 is 2.37 bits per heavy atom. The van der Waals surface area contributed by atoms with Crippen molar-refractivity contribution in [2.75, 3.05) is 19.5 Å². The van der Waals surface area contributed by atoms with Crippen LogP contribution in [0.1, 0.15) is 5.56 Å². The molecular formula is C10H14O7S2. The lowest BCUT2D eigenvalue weighted by Crippen LogP contribution is -2.16. The van der Waals surface area contributed by atoms with Crippen LogP contribution >= 0.6 is 0 Å². The summed E-state index contributed by atoms with van der Waals surface area (Å²) in [5.41, 5.74) is 0.507. The van der Waals surface area contributed by atoms with Crippen LogP contribution in [0, 0.1) is 6.92 Å². The first kappa shape index (κ1) is 15.9. The van der Waals surface area contributed by atoms with Gasteiger partial charge in [0, 0.05) is 0 Å². The summed E-state index contributed by atoms with van der Waals surface area (Å²) in [5, 5.41) is 0. The molecule has 0 unspecified atom stereocenters. The first-order valence-electron chi connectivity index (χ1n) is 5.15. The maximum atomic E-state index is 12.0. The summed E-state index contributed by atoms with van der Waals surface area (Å²) in [5.74, 6) is -0.194. The van der Waals surface area contributed by atoms with E-state index in [0.717, 1.165) is 0 Å². The van der Waals surface area contributed by atoms with Crippen LogP contribution in [0.2, 0.25) is 0 Å². The largest absolute Gasteiger partial charge is 0.497 e. The summed E-state index contributed by atoms with van der Waals surface area (Å²) >= 11 is 0. The molecule has 0 aromatic heterocycles. The van der Waals surface area contributed by atoms with Crippen LogP contribution in [0.4, 0.5) is 0 Å². The van der Waals surface area contributed by atoms with Gasteiger partial charge in [0.05, 0.1) is 24.4 Å². The van der Waals surface area contributed by atoms with E-state index >= 15 is 0 Å². The van der Waals surface area contributed by atoms with E-state index in [1.807, 2.05) is 0 Å². The second kappa shape index (κ2) is 5.87. The van der Waals surface area contributed by atoms with Gasteiger partial charge >= 0.3 is 10.4 Å². The second-order valence-corrected chi connectivity index (χ2v) is 6.87. The number of methoxy groups -OCH3 is 1. The second-order valence-electron chi connectivity index (χ2n) is 3.70. The van der Waals surface area contributed by atoms with Crippen molar-refractivity contribution in [1.82, 2.24) is 0 Å². The van der Waals surface area contributed by atoms with Crippen LogP contribution in [0.3, 0.4) is 0 Å². The van der Waals surface area contributed by atoms with E-state index < -0.39 is 32.6 Å². The number of hydrogen-bond acceptors (Lipinski definition) is 6. The van der Waals surface area contributed by atoms with Crippen molar-refractivity contribution in [3.8, 4) is 5.75 Å². The quantitative estimate of drug-likeness (QED) is 0.766. The van der Waals surface area contributed by atoms with Crippen LogP contribution in [-0.4, -0.2) is 40.9 Å². The minimum absolute atomic E-state index is 0.0331. The summed E-state index contributed by atoms with van der Waals surface area (Å²) in [7, 11) is -6.96. The monoisotopic (exact) mass is 310 g/mol. The minimum Gasteiger partial charge on any atom is -0.497 e. The van der Waals surface area contributed by atoms with Gasteiger partial charge in [-0.05, 0) is 24.6 Å². The highest BCUT2D eigenvalue weighted by molar-refractivity contribution is 7.91. The first-order chi connectivity index (χ1) is 8.65. The summed E-state index contributed by atoms with van der Waals surface area (Å²) in [6, 6.07) is 4.54. The van der Waals surface area contributed by atoms with Gasteiger partial charge in [-0.25, -0.2) is 12.6 Å². The summed E-state index contributed by atoms with van der Waals surface area (Å²) in [6.45, 7) is 0.952. The summed E-state index contributed by atoms with van der Waals surface area (Å²) in [4.78, 5) is 0.0331. The van der Waals surface area contributed by atoms with Crippen molar-refractivity contribution in [1.29, 1.82) is 0 Å². The Kier molecular flexibility index (Phi) is 4.91. The van der Waals surface area contributed by atoms with Crippen LogP contribution in [0.25, 0.3) is 0 Å². The van der Waals surface area contributed by atoms with Gasteiger partial charge < -0.3 is 4.74 Å². The standard InChI is InChI=1S/C10H14O7S2/c1-8-3-4-9(16-2)7-10(8)18(11,12)6-5-17-19(13,14)15/h3-4,7H,5-6H2,1-2H3,(H,13,14,15). The molecule has 0 radical (unpaired) electrons. The average Bonchev–Trinajstić information content (AvgIpc) is 2.27. The van der Waals surface area contributed by atoms with Crippen molar-refractivity contribution in [2.24, 2.45) is 0 Å². The van der Waals surface area contributed by atoms with E-state index in [4.69, 9.17) is 9.29 Å². The Hall–Kier alpha value is -1.16. The summed E-state index contributed by atoms with van der Waals surface area (Å²) in [6.07, 6.45) is 0. The van der Waals surface area contributed by atoms with E-state index in [1.54, 1.807) is 19.1 Å². The third-order valence-electron chi connectivity index (χ3n) is 2.31. The fourth-order valence-electron chi connectivity index (χ4n) is 1.40. The molecule has 1 aromatic carbocycles. The van der Waals surface area contributed by atoms with Gasteiger partial charge in [0.2, 0.25) is 0 Å². The Morgan fingerprint density at radius 1 is 1.21 bits per heavy atom. The molecule has 0 atom stereocenters. The molecule has 0 fully saturated rings. The van der Waals surface area contributed by atoms with Crippen LogP contribution in [0.15, 0.2) is 23.1 Å². The molecule has 0 spiro atoms.